The molecule has 2 aliphatic carbocycles. The molecule has 4 N–H and O–H groups in total. The van der Waals surface area contributed by atoms with Crippen molar-refractivity contribution in [2.45, 2.75) is 48.8 Å². The number of ketones is 1. The Hall–Kier alpha value is -3.59. The Morgan fingerprint density at radius 1 is 1.18 bits per heavy atom. The van der Waals surface area contributed by atoms with Gasteiger partial charge in [0.15, 0.2) is 23.4 Å². The molecule has 2 aromatic carbocycles. The first kappa shape index (κ1) is 21.0. The van der Waals surface area contributed by atoms with E-state index in [1.54, 1.807) is 30.3 Å². The van der Waals surface area contributed by atoms with Crippen LogP contribution in [0.1, 0.15) is 40.7 Å². The molecule has 2 aromatic rings. The summed E-state index contributed by atoms with van der Waals surface area (Å²) in [5.74, 6) is -0.0936. The second-order valence-electron chi connectivity index (χ2n) is 9.60. The topological polar surface area (TPSA) is 134 Å². The molecule has 1 saturated heterocycles. The number of hydrogen-bond acceptors (Lipinski definition) is 8. The van der Waals surface area contributed by atoms with Crippen molar-refractivity contribution in [3.8, 4) is 11.5 Å². The number of nitrogens with zero attached hydrogens (tertiary/aromatic N) is 1. The van der Waals surface area contributed by atoms with E-state index in [0.717, 1.165) is 11.1 Å². The summed E-state index contributed by atoms with van der Waals surface area (Å²) in [6.07, 6.45) is 0.0141. The second kappa shape index (κ2) is 6.96. The molecule has 2 heterocycles. The zero-order chi connectivity index (χ0) is 23.8. The van der Waals surface area contributed by atoms with Crippen molar-refractivity contribution in [2.24, 2.45) is 5.73 Å². The maximum Gasteiger partial charge on any atom is 0.405 e. The van der Waals surface area contributed by atoms with Crippen LogP contribution >= 0.6 is 0 Å². The zero-order valence-electron chi connectivity index (χ0n) is 18.7. The fraction of sp³-hybridized carbons (Fsp3) is 0.400. The number of primary amides is 1. The summed E-state index contributed by atoms with van der Waals surface area (Å²) in [5, 5.41) is 0. The van der Waals surface area contributed by atoms with Gasteiger partial charge in [-0.1, -0.05) is 18.2 Å². The highest BCUT2D eigenvalue weighted by Gasteiger charge is 2.75. The number of carbonyl (C=O) groups is 3. The Morgan fingerprint density at radius 2 is 1.97 bits per heavy atom. The summed E-state index contributed by atoms with van der Waals surface area (Å²) >= 11 is 0. The van der Waals surface area contributed by atoms with E-state index in [1.165, 1.54) is 0 Å². The maximum atomic E-state index is 13.2. The Balaban J connectivity index is 1.52. The minimum Gasteiger partial charge on any atom is -0.477 e. The van der Waals surface area contributed by atoms with E-state index in [9.17, 15) is 14.4 Å². The maximum absolute atomic E-state index is 13.2. The summed E-state index contributed by atoms with van der Waals surface area (Å²) in [4.78, 5) is 40.4. The number of likely N-dealkylation sites (N-methyl/N-ethyl adjacent to an activating group) is 1. The van der Waals surface area contributed by atoms with Gasteiger partial charge in [0, 0.05) is 17.7 Å². The van der Waals surface area contributed by atoms with Crippen molar-refractivity contribution < 1.29 is 28.6 Å². The van der Waals surface area contributed by atoms with E-state index in [2.05, 4.69) is 4.90 Å². The third-order valence-electron chi connectivity index (χ3n) is 8.14. The van der Waals surface area contributed by atoms with Crippen LogP contribution in [-0.2, 0) is 21.4 Å². The minimum absolute atomic E-state index is 0.0550. The molecular weight excluding hydrogens is 438 g/mol. The standard InChI is InChI=1S/C25H25N3O6/c1-28-11-10-24-19-13-6-7-17(32-22(30)14-4-2-3-5-15(14)26)20(19)33-21(24)16(29)8-9-25(24,18(28)12-13)34-23(27)31/h2-7,18,21H,8-12,26H2,1H3,(H2,27,31)/t18-,21+,24+,25-/m1/s1. The quantitative estimate of drug-likeness (QED) is 0.401. The fourth-order valence-corrected chi connectivity index (χ4v) is 6.80. The second-order valence-corrected chi connectivity index (χ2v) is 9.60. The number of anilines is 1. The average molecular weight is 463 g/mol. The molecule has 6 rings (SSSR count). The van der Waals surface area contributed by atoms with Crippen molar-refractivity contribution in [1.82, 2.24) is 4.90 Å². The lowest BCUT2D eigenvalue weighted by atomic mass is 9.49. The molecule has 9 nitrogen and oxygen atoms in total. The Labute approximate surface area is 195 Å². The van der Waals surface area contributed by atoms with Crippen LogP contribution in [0.25, 0.3) is 0 Å². The van der Waals surface area contributed by atoms with Gasteiger partial charge in [0.1, 0.15) is 5.60 Å². The summed E-state index contributed by atoms with van der Waals surface area (Å²) < 4.78 is 18.0. The van der Waals surface area contributed by atoms with E-state index in [1.807, 2.05) is 13.1 Å². The highest BCUT2D eigenvalue weighted by Crippen LogP contribution is 2.66. The van der Waals surface area contributed by atoms with Crippen molar-refractivity contribution in [3.05, 3.63) is 53.1 Å². The first-order valence-electron chi connectivity index (χ1n) is 11.4. The number of para-hydroxylation sites is 1. The number of esters is 1. The molecule has 9 heteroatoms. The zero-order valence-corrected chi connectivity index (χ0v) is 18.7. The highest BCUT2D eigenvalue weighted by molar-refractivity contribution is 5.97. The summed E-state index contributed by atoms with van der Waals surface area (Å²) in [6.45, 7) is 0.700. The number of piperidine rings is 1. The van der Waals surface area contributed by atoms with Crippen LogP contribution in [0.5, 0.6) is 11.5 Å². The number of rotatable bonds is 3. The van der Waals surface area contributed by atoms with Gasteiger partial charge >= 0.3 is 12.1 Å². The SMILES string of the molecule is CN1CC[C@]23c4c5ccc(OC(=O)c6ccccc6N)c4O[C@H]2C(=O)CC[C@@]3(OC(N)=O)[C@H]1C5. The smallest absolute Gasteiger partial charge is 0.405 e. The van der Waals surface area contributed by atoms with E-state index in [-0.39, 0.29) is 29.6 Å². The van der Waals surface area contributed by atoms with Gasteiger partial charge in [-0.3, -0.25) is 9.69 Å². The molecule has 2 aliphatic heterocycles. The number of hydrogen-bond donors (Lipinski definition) is 2. The lowest BCUT2D eigenvalue weighted by Gasteiger charge is -2.62. The monoisotopic (exact) mass is 463 g/mol. The number of carbonyl (C=O) groups excluding carboxylic acids is 3. The first-order valence-corrected chi connectivity index (χ1v) is 11.4. The number of amides is 1. The molecule has 4 aliphatic rings. The molecule has 1 spiro atoms. The van der Waals surface area contributed by atoms with Gasteiger partial charge in [-0.15, -0.1) is 0 Å². The highest BCUT2D eigenvalue weighted by atomic mass is 16.6. The van der Waals surface area contributed by atoms with Crippen molar-refractivity contribution in [1.29, 1.82) is 0 Å². The van der Waals surface area contributed by atoms with Gasteiger partial charge in [0.25, 0.3) is 0 Å². The van der Waals surface area contributed by atoms with Gasteiger partial charge in [-0.25, -0.2) is 9.59 Å². The lowest BCUT2D eigenvalue weighted by molar-refractivity contribution is -0.184. The van der Waals surface area contributed by atoms with Crippen LogP contribution in [0.2, 0.25) is 0 Å². The molecule has 0 radical (unpaired) electrons. The summed E-state index contributed by atoms with van der Waals surface area (Å²) in [7, 11) is 2.00. The Bertz CT molecular complexity index is 1260. The van der Waals surface area contributed by atoms with Crippen LogP contribution in [-0.4, -0.2) is 54.1 Å². The van der Waals surface area contributed by atoms with Crippen LogP contribution in [0.4, 0.5) is 10.5 Å². The molecule has 0 unspecified atom stereocenters. The van der Waals surface area contributed by atoms with Gasteiger partial charge in [0.05, 0.1) is 17.0 Å². The molecule has 1 saturated carbocycles. The molecule has 2 bridgehead atoms. The minimum atomic E-state index is -1.00. The third-order valence-corrected chi connectivity index (χ3v) is 8.14. The van der Waals surface area contributed by atoms with E-state index < -0.39 is 29.2 Å². The number of nitrogens with two attached hydrogens (primary N) is 2. The van der Waals surface area contributed by atoms with Crippen LogP contribution in [0, 0.1) is 0 Å². The summed E-state index contributed by atoms with van der Waals surface area (Å²) in [5.41, 5.74) is 12.0. The third kappa shape index (κ3) is 2.50. The first-order chi connectivity index (χ1) is 16.3. The number of benzene rings is 2. The molecular formula is C25H25N3O6. The molecule has 0 aromatic heterocycles. The molecule has 2 fully saturated rings. The molecule has 4 atom stereocenters. The van der Waals surface area contributed by atoms with Gasteiger partial charge in [-0.2, -0.15) is 0 Å². The Kier molecular flexibility index (Phi) is 4.29. The van der Waals surface area contributed by atoms with Gasteiger partial charge in [-0.05, 0) is 56.6 Å². The van der Waals surface area contributed by atoms with Crippen LogP contribution in [0.3, 0.4) is 0 Å². The molecule has 176 valence electrons. The number of likely N-dealkylation sites (tertiary alicyclic amines) is 1. The van der Waals surface area contributed by atoms with E-state index in [4.69, 9.17) is 25.7 Å². The van der Waals surface area contributed by atoms with Gasteiger partial charge in [0.2, 0.25) is 0 Å². The number of Topliss-reactive ketones (excluding diaryl/α,β-unsaturated/α-hetero) is 1. The van der Waals surface area contributed by atoms with Crippen molar-refractivity contribution in [3.63, 3.8) is 0 Å². The van der Waals surface area contributed by atoms with E-state index >= 15 is 0 Å². The van der Waals surface area contributed by atoms with E-state index in [0.29, 0.717) is 37.2 Å². The largest absolute Gasteiger partial charge is 0.477 e. The predicted octanol–water partition coefficient (Wildman–Crippen LogP) is 1.94. The lowest BCUT2D eigenvalue weighted by Crippen LogP contribution is -2.77. The normalized spacial score (nSPS) is 30.8. The average Bonchev–Trinajstić information content (AvgIpc) is 3.15. The molecule has 1 amide bonds. The van der Waals surface area contributed by atoms with Crippen molar-refractivity contribution in [2.75, 3.05) is 19.3 Å². The van der Waals surface area contributed by atoms with Gasteiger partial charge < -0.3 is 25.7 Å². The summed E-state index contributed by atoms with van der Waals surface area (Å²) in [6, 6.07) is 10.1. The van der Waals surface area contributed by atoms with Crippen LogP contribution in [0.15, 0.2) is 36.4 Å². The fourth-order valence-electron chi connectivity index (χ4n) is 6.80. The van der Waals surface area contributed by atoms with Crippen LogP contribution < -0.4 is 20.9 Å². The van der Waals surface area contributed by atoms with Crippen molar-refractivity contribution >= 4 is 23.5 Å². The predicted molar refractivity (Wildman–Crippen MR) is 121 cm³/mol. The Morgan fingerprint density at radius 3 is 2.74 bits per heavy atom. The number of ether oxygens (including phenoxy) is 3. The molecule has 34 heavy (non-hydrogen) atoms. The number of nitrogen functional groups attached to an aromatic ring is 1.